The molecule has 1 rings (SSSR count). The van der Waals surface area contributed by atoms with Crippen LogP contribution in [0.2, 0.25) is 0 Å². The highest BCUT2D eigenvalue weighted by Crippen LogP contribution is 2.16. The largest absolute Gasteiger partial charge is 0.392 e. The van der Waals surface area contributed by atoms with Crippen molar-refractivity contribution < 1.29 is 9.90 Å². The summed E-state index contributed by atoms with van der Waals surface area (Å²) in [6.45, 7) is 2.41. The zero-order chi connectivity index (χ0) is 9.14. The molecule has 1 amide bonds. The topological polar surface area (TPSA) is 64.3 Å². The molecule has 12 heavy (non-hydrogen) atoms. The predicted octanol–water partition coefficient (Wildman–Crippen LogP) is -0.261. The van der Waals surface area contributed by atoms with E-state index in [0.717, 1.165) is 0 Å². The van der Waals surface area contributed by atoms with Gasteiger partial charge in [-0.05, 0) is 6.42 Å². The van der Waals surface area contributed by atoms with Gasteiger partial charge < -0.3 is 10.0 Å². The van der Waals surface area contributed by atoms with Crippen molar-refractivity contribution in [1.29, 1.82) is 5.26 Å². The number of hydrogen-bond donors (Lipinski definition) is 1. The Bertz CT molecular complexity index is 222. The molecule has 1 fully saturated rings. The van der Waals surface area contributed by atoms with Crippen LogP contribution in [0.1, 0.15) is 13.3 Å². The first-order valence-corrected chi connectivity index (χ1v) is 3.98. The molecule has 2 unspecified atom stereocenters. The van der Waals surface area contributed by atoms with E-state index in [1.807, 2.05) is 6.07 Å². The van der Waals surface area contributed by atoms with Crippen LogP contribution >= 0.6 is 0 Å². The van der Waals surface area contributed by atoms with Crippen molar-refractivity contribution in [3.05, 3.63) is 0 Å². The van der Waals surface area contributed by atoms with Crippen molar-refractivity contribution in [2.24, 2.45) is 5.92 Å². The van der Waals surface area contributed by atoms with Crippen LogP contribution in [0.25, 0.3) is 0 Å². The third-order valence-electron chi connectivity index (χ3n) is 2.19. The van der Waals surface area contributed by atoms with Gasteiger partial charge in [0, 0.05) is 20.0 Å². The molecule has 0 aliphatic carbocycles. The van der Waals surface area contributed by atoms with E-state index in [-0.39, 0.29) is 5.91 Å². The van der Waals surface area contributed by atoms with Crippen molar-refractivity contribution in [3.8, 4) is 6.07 Å². The SMILES string of the molecule is CC(=O)N1CCC(O)C(C#N)C1. The number of amides is 1. The Balaban J connectivity index is 2.57. The number of nitrogens with zero attached hydrogens (tertiary/aromatic N) is 2. The second-order valence-corrected chi connectivity index (χ2v) is 3.06. The summed E-state index contributed by atoms with van der Waals surface area (Å²) in [5.74, 6) is -0.440. The number of aliphatic hydroxyl groups is 1. The van der Waals surface area contributed by atoms with Gasteiger partial charge in [0.1, 0.15) is 0 Å². The van der Waals surface area contributed by atoms with Gasteiger partial charge >= 0.3 is 0 Å². The summed E-state index contributed by atoms with van der Waals surface area (Å²) in [5, 5.41) is 17.9. The van der Waals surface area contributed by atoms with Gasteiger partial charge in [0.15, 0.2) is 0 Å². The van der Waals surface area contributed by atoms with E-state index in [2.05, 4.69) is 0 Å². The molecule has 1 saturated heterocycles. The Morgan fingerprint density at radius 3 is 2.92 bits per heavy atom. The average molecular weight is 168 g/mol. The molecule has 1 aliphatic heterocycles. The van der Waals surface area contributed by atoms with Gasteiger partial charge in [-0.15, -0.1) is 0 Å². The molecule has 0 aromatic rings. The van der Waals surface area contributed by atoms with Gasteiger partial charge in [0.25, 0.3) is 0 Å². The first-order valence-electron chi connectivity index (χ1n) is 3.98. The zero-order valence-electron chi connectivity index (χ0n) is 7.03. The third kappa shape index (κ3) is 1.74. The fourth-order valence-corrected chi connectivity index (χ4v) is 1.35. The molecule has 4 nitrogen and oxygen atoms in total. The van der Waals surface area contributed by atoms with Gasteiger partial charge in [-0.2, -0.15) is 5.26 Å². The molecule has 0 bridgehead atoms. The molecule has 0 aromatic heterocycles. The van der Waals surface area contributed by atoms with E-state index in [0.29, 0.717) is 19.5 Å². The van der Waals surface area contributed by atoms with Crippen molar-refractivity contribution in [3.63, 3.8) is 0 Å². The summed E-state index contributed by atoms with van der Waals surface area (Å²) in [4.78, 5) is 12.5. The highest BCUT2D eigenvalue weighted by molar-refractivity contribution is 5.73. The van der Waals surface area contributed by atoms with Crippen LogP contribution in [-0.2, 0) is 4.79 Å². The fourth-order valence-electron chi connectivity index (χ4n) is 1.35. The minimum atomic E-state index is -0.564. The summed E-state index contributed by atoms with van der Waals surface area (Å²) in [5.41, 5.74) is 0. The summed E-state index contributed by atoms with van der Waals surface area (Å²) in [7, 11) is 0. The number of piperidine rings is 1. The monoisotopic (exact) mass is 168 g/mol. The first-order chi connectivity index (χ1) is 5.65. The van der Waals surface area contributed by atoms with E-state index >= 15 is 0 Å². The predicted molar refractivity (Wildman–Crippen MR) is 42.0 cm³/mol. The third-order valence-corrected chi connectivity index (χ3v) is 2.19. The van der Waals surface area contributed by atoms with Crippen LogP contribution < -0.4 is 0 Å². The zero-order valence-corrected chi connectivity index (χ0v) is 7.03. The summed E-state index contributed by atoms with van der Waals surface area (Å²) < 4.78 is 0. The van der Waals surface area contributed by atoms with Gasteiger partial charge in [-0.1, -0.05) is 0 Å². The number of hydrogen-bond acceptors (Lipinski definition) is 3. The number of rotatable bonds is 0. The molecular weight excluding hydrogens is 156 g/mol. The molecule has 66 valence electrons. The normalized spacial score (nSPS) is 29.6. The second-order valence-electron chi connectivity index (χ2n) is 3.06. The number of carbonyl (C=O) groups is 1. The Labute approximate surface area is 71.4 Å². The maximum atomic E-state index is 10.9. The maximum Gasteiger partial charge on any atom is 0.219 e. The van der Waals surface area contributed by atoms with Crippen LogP contribution in [0.3, 0.4) is 0 Å². The molecule has 1 N–H and O–H groups in total. The second kappa shape index (κ2) is 3.55. The lowest BCUT2D eigenvalue weighted by Crippen LogP contribution is -2.44. The van der Waals surface area contributed by atoms with E-state index < -0.39 is 12.0 Å². The molecule has 0 saturated carbocycles. The van der Waals surface area contributed by atoms with E-state index in [1.165, 1.54) is 6.92 Å². The standard InChI is InChI=1S/C8H12N2O2/c1-6(11)10-3-2-8(12)7(4-9)5-10/h7-8,12H,2-3,5H2,1H3. The van der Waals surface area contributed by atoms with Crippen LogP contribution in [0.15, 0.2) is 0 Å². The number of aliphatic hydroxyl groups excluding tert-OH is 1. The number of carbonyl (C=O) groups excluding carboxylic acids is 1. The molecule has 0 radical (unpaired) electrons. The number of likely N-dealkylation sites (tertiary alicyclic amines) is 1. The van der Waals surface area contributed by atoms with Gasteiger partial charge in [0.05, 0.1) is 18.1 Å². The van der Waals surface area contributed by atoms with Crippen molar-refractivity contribution in [2.75, 3.05) is 13.1 Å². The van der Waals surface area contributed by atoms with Crippen LogP contribution in [0.5, 0.6) is 0 Å². The van der Waals surface area contributed by atoms with Gasteiger partial charge in [0.2, 0.25) is 5.91 Å². The molecule has 0 aromatic carbocycles. The minimum Gasteiger partial charge on any atom is -0.392 e. The lowest BCUT2D eigenvalue weighted by atomic mass is 9.96. The van der Waals surface area contributed by atoms with Crippen LogP contribution in [0.4, 0.5) is 0 Å². The van der Waals surface area contributed by atoms with E-state index in [1.54, 1.807) is 4.90 Å². The van der Waals surface area contributed by atoms with E-state index in [9.17, 15) is 9.90 Å². The lowest BCUT2D eigenvalue weighted by molar-refractivity contribution is -0.131. The highest BCUT2D eigenvalue weighted by Gasteiger charge is 2.28. The van der Waals surface area contributed by atoms with Crippen LogP contribution in [0, 0.1) is 17.2 Å². The van der Waals surface area contributed by atoms with Crippen molar-refractivity contribution in [1.82, 2.24) is 4.90 Å². The number of nitriles is 1. The Morgan fingerprint density at radius 1 is 1.75 bits per heavy atom. The molecule has 2 atom stereocenters. The van der Waals surface area contributed by atoms with E-state index in [4.69, 9.17) is 5.26 Å². The minimum absolute atomic E-state index is 0.0258. The Hall–Kier alpha value is -1.08. The molecule has 4 heteroatoms. The Kier molecular flexibility index (Phi) is 2.66. The smallest absolute Gasteiger partial charge is 0.219 e. The Morgan fingerprint density at radius 2 is 2.42 bits per heavy atom. The summed E-state index contributed by atoms with van der Waals surface area (Å²) in [6.07, 6.45) is -0.0525. The summed E-state index contributed by atoms with van der Waals surface area (Å²) in [6, 6.07) is 1.99. The quantitative estimate of drug-likeness (QED) is 0.542. The average Bonchev–Trinajstić information content (AvgIpc) is 2.05. The van der Waals surface area contributed by atoms with Crippen molar-refractivity contribution in [2.45, 2.75) is 19.4 Å². The van der Waals surface area contributed by atoms with Gasteiger partial charge in [-0.3, -0.25) is 4.79 Å². The van der Waals surface area contributed by atoms with Crippen molar-refractivity contribution >= 4 is 5.91 Å². The summed E-state index contributed by atoms with van der Waals surface area (Å²) >= 11 is 0. The highest BCUT2D eigenvalue weighted by atomic mass is 16.3. The van der Waals surface area contributed by atoms with Crippen LogP contribution in [-0.4, -0.2) is 35.1 Å². The first kappa shape index (κ1) is 9.01. The fraction of sp³-hybridized carbons (Fsp3) is 0.750. The molecule has 1 heterocycles. The molecular formula is C8H12N2O2. The molecule has 1 aliphatic rings. The molecule has 0 spiro atoms. The van der Waals surface area contributed by atoms with Gasteiger partial charge in [-0.25, -0.2) is 0 Å². The maximum absolute atomic E-state index is 10.9. The lowest BCUT2D eigenvalue weighted by Gasteiger charge is -2.31.